The van der Waals surface area contributed by atoms with Gasteiger partial charge in [-0.25, -0.2) is 0 Å². The average Bonchev–Trinajstić information content (AvgIpc) is 2.81. The normalized spacial score (nSPS) is 10.2. The number of nitrogens with two attached hydrogens (primary N) is 1. The van der Waals surface area contributed by atoms with Crippen molar-refractivity contribution < 1.29 is 9.53 Å². The van der Waals surface area contributed by atoms with E-state index in [1.165, 1.54) is 0 Å². The second-order valence-corrected chi connectivity index (χ2v) is 4.13. The van der Waals surface area contributed by atoms with Crippen molar-refractivity contribution in [1.82, 2.24) is 15.1 Å². The Morgan fingerprint density at radius 1 is 1.47 bits per heavy atom. The lowest BCUT2D eigenvalue weighted by molar-refractivity contribution is -0.123. The third-order valence-corrected chi connectivity index (χ3v) is 2.53. The fourth-order valence-electron chi connectivity index (χ4n) is 1.57. The summed E-state index contributed by atoms with van der Waals surface area (Å²) in [6, 6.07) is 7.07. The van der Waals surface area contributed by atoms with Crippen LogP contribution in [0.25, 0.3) is 0 Å². The van der Waals surface area contributed by atoms with Gasteiger partial charge in [-0.05, 0) is 12.1 Å². The molecule has 0 spiro atoms. The van der Waals surface area contributed by atoms with E-state index in [9.17, 15) is 4.79 Å². The van der Waals surface area contributed by atoms with E-state index in [0.29, 0.717) is 18.0 Å². The van der Waals surface area contributed by atoms with Crippen molar-refractivity contribution in [3.8, 4) is 5.75 Å². The van der Waals surface area contributed by atoms with Gasteiger partial charge in [-0.1, -0.05) is 12.1 Å². The lowest BCUT2D eigenvalue weighted by Crippen LogP contribution is -2.28. The van der Waals surface area contributed by atoms with E-state index < -0.39 is 0 Å². The Hall–Kier alpha value is -2.50. The number of hydrogen-bond donors (Lipinski definition) is 2. The summed E-state index contributed by atoms with van der Waals surface area (Å²) in [4.78, 5) is 11.6. The van der Waals surface area contributed by atoms with E-state index in [0.717, 1.165) is 5.56 Å². The van der Waals surface area contributed by atoms with Crippen molar-refractivity contribution in [2.45, 2.75) is 6.54 Å². The van der Waals surface area contributed by atoms with Gasteiger partial charge in [0.15, 0.2) is 6.61 Å². The minimum absolute atomic E-state index is 0.0610. The second-order valence-electron chi connectivity index (χ2n) is 4.13. The molecule has 2 rings (SSSR count). The number of nitrogens with zero attached hydrogens (tertiary/aromatic N) is 2. The van der Waals surface area contributed by atoms with Gasteiger partial charge in [-0.3, -0.25) is 9.48 Å². The van der Waals surface area contributed by atoms with Crippen LogP contribution in [-0.4, -0.2) is 22.3 Å². The number of para-hydroxylation sites is 2. The zero-order valence-corrected chi connectivity index (χ0v) is 10.7. The average molecular weight is 260 g/mol. The number of benzene rings is 1. The van der Waals surface area contributed by atoms with Gasteiger partial charge >= 0.3 is 0 Å². The number of carbonyl (C=O) groups excluding carboxylic acids is 1. The van der Waals surface area contributed by atoms with Crippen LogP contribution in [-0.2, 0) is 18.4 Å². The molecule has 6 nitrogen and oxygen atoms in total. The van der Waals surface area contributed by atoms with E-state index in [-0.39, 0.29) is 12.5 Å². The Labute approximate surface area is 111 Å². The van der Waals surface area contributed by atoms with E-state index in [1.54, 1.807) is 29.1 Å². The van der Waals surface area contributed by atoms with Gasteiger partial charge < -0.3 is 15.8 Å². The Morgan fingerprint density at radius 3 is 2.95 bits per heavy atom. The summed E-state index contributed by atoms with van der Waals surface area (Å²) in [5, 5.41) is 6.76. The quantitative estimate of drug-likeness (QED) is 0.775. The van der Waals surface area contributed by atoms with Gasteiger partial charge in [0.2, 0.25) is 0 Å². The van der Waals surface area contributed by atoms with Crippen LogP contribution in [0.1, 0.15) is 5.56 Å². The molecule has 1 aromatic carbocycles. The molecule has 0 aliphatic heterocycles. The summed E-state index contributed by atoms with van der Waals surface area (Å²) in [5.74, 6) is 0.311. The van der Waals surface area contributed by atoms with Crippen LogP contribution < -0.4 is 15.8 Å². The molecule has 0 aliphatic rings. The zero-order valence-electron chi connectivity index (χ0n) is 10.7. The standard InChI is InChI=1S/C13H16N4O2/c1-17-8-10(7-16-17)6-15-13(18)9-19-12-5-3-2-4-11(12)14/h2-5,7-8H,6,9,14H2,1H3,(H,15,18). The van der Waals surface area contributed by atoms with Crippen LogP contribution in [0.3, 0.4) is 0 Å². The molecule has 6 heteroatoms. The largest absolute Gasteiger partial charge is 0.482 e. The molecule has 0 unspecified atom stereocenters. The summed E-state index contributed by atoms with van der Waals surface area (Å²) >= 11 is 0. The van der Waals surface area contributed by atoms with Crippen molar-refractivity contribution in [3.63, 3.8) is 0 Å². The van der Waals surface area contributed by atoms with E-state index in [2.05, 4.69) is 10.4 Å². The summed E-state index contributed by atoms with van der Waals surface area (Å²) in [6.45, 7) is 0.370. The number of carbonyl (C=O) groups is 1. The Morgan fingerprint density at radius 2 is 2.26 bits per heavy atom. The van der Waals surface area contributed by atoms with E-state index >= 15 is 0 Å². The van der Waals surface area contributed by atoms with Gasteiger partial charge in [0.1, 0.15) is 5.75 Å². The van der Waals surface area contributed by atoms with Crippen molar-refractivity contribution in [3.05, 3.63) is 42.2 Å². The molecular formula is C13H16N4O2. The first kappa shape index (κ1) is 12.9. The number of aryl methyl sites for hydroxylation is 1. The van der Waals surface area contributed by atoms with Gasteiger partial charge in [0, 0.05) is 25.4 Å². The van der Waals surface area contributed by atoms with Gasteiger partial charge in [0.25, 0.3) is 5.91 Å². The Balaban J connectivity index is 1.77. The van der Waals surface area contributed by atoms with Gasteiger partial charge in [-0.15, -0.1) is 0 Å². The Bertz CT molecular complexity index is 565. The molecule has 19 heavy (non-hydrogen) atoms. The van der Waals surface area contributed by atoms with Crippen molar-refractivity contribution in [1.29, 1.82) is 0 Å². The summed E-state index contributed by atoms with van der Waals surface area (Å²) in [5.41, 5.74) is 7.16. The molecule has 1 amide bonds. The number of anilines is 1. The minimum Gasteiger partial charge on any atom is -0.482 e. The molecular weight excluding hydrogens is 244 g/mol. The highest BCUT2D eigenvalue weighted by atomic mass is 16.5. The van der Waals surface area contributed by atoms with Crippen molar-refractivity contribution >= 4 is 11.6 Å². The molecule has 1 heterocycles. The van der Waals surface area contributed by atoms with Crippen LogP contribution in [0.4, 0.5) is 5.69 Å². The molecule has 0 fully saturated rings. The van der Waals surface area contributed by atoms with E-state index in [4.69, 9.17) is 10.5 Å². The molecule has 100 valence electrons. The topological polar surface area (TPSA) is 82.2 Å². The maximum atomic E-state index is 11.6. The number of hydrogen-bond acceptors (Lipinski definition) is 4. The minimum atomic E-state index is -0.202. The molecule has 0 saturated carbocycles. The number of aromatic nitrogens is 2. The third-order valence-electron chi connectivity index (χ3n) is 2.53. The van der Waals surface area contributed by atoms with Crippen LogP contribution in [0.5, 0.6) is 5.75 Å². The lowest BCUT2D eigenvalue weighted by Gasteiger charge is -2.08. The smallest absolute Gasteiger partial charge is 0.258 e. The second kappa shape index (κ2) is 5.90. The van der Waals surface area contributed by atoms with Gasteiger partial charge in [-0.2, -0.15) is 5.10 Å². The maximum absolute atomic E-state index is 11.6. The first-order chi connectivity index (χ1) is 9.15. The SMILES string of the molecule is Cn1cc(CNC(=O)COc2ccccc2N)cn1. The lowest BCUT2D eigenvalue weighted by atomic mass is 10.3. The number of nitrogen functional groups attached to an aromatic ring is 1. The molecule has 2 aromatic rings. The third kappa shape index (κ3) is 3.74. The van der Waals surface area contributed by atoms with Crippen LogP contribution in [0.15, 0.2) is 36.7 Å². The highest BCUT2D eigenvalue weighted by Gasteiger charge is 2.05. The molecule has 0 saturated heterocycles. The summed E-state index contributed by atoms with van der Waals surface area (Å²) < 4.78 is 7.02. The van der Waals surface area contributed by atoms with Crippen LogP contribution >= 0.6 is 0 Å². The number of nitrogens with one attached hydrogen (secondary N) is 1. The number of rotatable bonds is 5. The molecule has 0 bridgehead atoms. The monoisotopic (exact) mass is 260 g/mol. The summed E-state index contributed by atoms with van der Waals surface area (Å²) in [6.07, 6.45) is 3.55. The molecule has 0 atom stereocenters. The molecule has 0 aliphatic carbocycles. The van der Waals surface area contributed by atoms with Crippen molar-refractivity contribution in [2.75, 3.05) is 12.3 Å². The maximum Gasteiger partial charge on any atom is 0.258 e. The molecule has 1 aromatic heterocycles. The fourth-order valence-corrected chi connectivity index (χ4v) is 1.57. The molecule has 3 N–H and O–H groups in total. The van der Waals surface area contributed by atoms with E-state index in [1.807, 2.05) is 19.3 Å². The predicted octanol–water partition coefficient (Wildman–Crippen LogP) is 0.697. The van der Waals surface area contributed by atoms with Gasteiger partial charge in [0.05, 0.1) is 11.9 Å². The summed E-state index contributed by atoms with van der Waals surface area (Å²) in [7, 11) is 1.83. The zero-order chi connectivity index (χ0) is 13.7. The molecule has 0 radical (unpaired) electrons. The highest BCUT2D eigenvalue weighted by molar-refractivity contribution is 5.77. The Kier molecular flexibility index (Phi) is 4.02. The predicted molar refractivity (Wildman–Crippen MR) is 71.4 cm³/mol. The number of amides is 1. The van der Waals surface area contributed by atoms with Crippen LogP contribution in [0.2, 0.25) is 0 Å². The number of ether oxygens (including phenoxy) is 1. The van der Waals surface area contributed by atoms with Crippen molar-refractivity contribution in [2.24, 2.45) is 7.05 Å². The first-order valence-corrected chi connectivity index (χ1v) is 5.86. The first-order valence-electron chi connectivity index (χ1n) is 5.86. The van der Waals surface area contributed by atoms with Crippen LogP contribution in [0, 0.1) is 0 Å². The fraction of sp³-hybridized carbons (Fsp3) is 0.231. The highest BCUT2D eigenvalue weighted by Crippen LogP contribution is 2.19.